The molecular formula is C20H21F3N2O3. The van der Waals surface area contributed by atoms with Gasteiger partial charge in [0.25, 0.3) is 5.91 Å². The first kappa shape index (κ1) is 20.2. The van der Waals surface area contributed by atoms with Gasteiger partial charge in [-0.3, -0.25) is 9.69 Å². The zero-order chi connectivity index (χ0) is 20.1. The van der Waals surface area contributed by atoms with Crippen molar-refractivity contribution >= 4 is 5.91 Å². The summed E-state index contributed by atoms with van der Waals surface area (Å²) in [6.07, 6.45) is 0. The maximum absolute atomic E-state index is 13.9. The summed E-state index contributed by atoms with van der Waals surface area (Å²) < 4.78 is 51.3. The van der Waals surface area contributed by atoms with Gasteiger partial charge >= 0.3 is 0 Å². The third kappa shape index (κ3) is 4.28. The Bertz CT molecular complexity index is 841. The average molecular weight is 394 g/mol. The molecule has 1 aliphatic rings. The molecule has 1 unspecified atom stereocenters. The molecule has 1 aliphatic heterocycles. The second-order valence-electron chi connectivity index (χ2n) is 6.34. The topological polar surface area (TPSA) is 50.8 Å². The lowest BCUT2D eigenvalue weighted by Crippen LogP contribution is -2.44. The maximum atomic E-state index is 13.9. The van der Waals surface area contributed by atoms with Crippen molar-refractivity contribution in [1.82, 2.24) is 10.2 Å². The fourth-order valence-corrected chi connectivity index (χ4v) is 3.25. The molecule has 1 fully saturated rings. The van der Waals surface area contributed by atoms with Crippen molar-refractivity contribution in [2.45, 2.75) is 6.04 Å². The van der Waals surface area contributed by atoms with E-state index in [4.69, 9.17) is 9.47 Å². The van der Waals surface area contributed by atoms with Crippen LogP contribution in [0.1, 0.15) is 22.0 Å². The van der Waals surface area contributed by atoms with E-state index in [1.165, 1.54) is 0 Å². The second kappa shape index (κ2) is 9.07. The molecule has 28 heavy (non-hydrogen) atoms. The molecule has 0 radical (unpaired) electrons. The number of carbonyl (C=O) groups is 1. The number of para-hydroxylation sites is 1. The molecule has 3 rings (SSSR count). The van der Waals surface area contributed by atoms with E-state index in [2.05, 4.69) is 10.2 Å². The summed E-state index contributed by atoms with van der Waals surface area (Å²) in [5, 5.41) is 2.63. The number of benzene rings is 2. The van der Waals surface area contributed by atoms with Gasteiger partial charge in [0.05, 0.1) is 31.9 Å². The average Bonchev–Trinajstić information content (AvgIpc) is 2.73. The number of morpholine rings is 1. The van der Waals surface area contributed by atoms with Crippen LogP contribution in [0, 0.1) is 17.5 Å². The maximum Gasteiger partial charge on any atom is 0.254 e. The summed E-state index contributed by atoms with van der Waals surface area (Å²) in [6.45, 7) is 2.54. The molecule has 1 heterocycles. The number of hydrogen-bond acceptors (Lipinski definition) is 4. The van der Waals surface area contributed by atoms with E-state index in [1.807, 2.05) is 24.3 Å². The van der Waals surface area contributed by atoms with E-state index in [-0.39, 0.29) is 12.6 Å². The minimum atomic E-state index is -1.66. The van der Waals surface area contributed by atoms with Crippen LogP contribution in [-0.4, -0.2) is 50.8 Å². The third-order valence-corrected chi connectivity index (χ3v) is 4.72. The van der Waals surface area contributed by atoms with Crippen molar-refractivity contribution in [3.8, 4) is 5.75 Å². The minimum absolute atomic E-state index is 0.137. The SMILES string of the molecule is COc1ccccc1C(CNC(=O)c1ccc(F)c(F)c1F)N1CCOCC1. The van der Waals surface area contributed by atoms with E-state index < -0.39 is 28.9 Å². The van der Waals surface area contributed by atoms with Crippen molar-refractivity contribution in [3.63, 3.8) is 0 Å². The smallest absolute Gasteiger partial charge is 0.254 e. The van der Waals surface area contributed by atoms with E-state index >= 15 is 0 Å². The lowest BCUT2D eigenvalue weighted by atomic mass is 10.0. The van der Waals surface area contributed by atoms with Crippen LogP contribution in [0.3, 0.4) is 0 Å². The number of rotatable bonds is 6. The molecule has 0 saturated carbocycles. The minimum Gasteiger partial charge on any atom is -0.496 e. The number of halogens is 3. The number of hydrogen-bond donors (Lipinski definition) is 1. The van der Waals surface area contributed by atoms with Crippen LogP contribution in [0.4, 0.5) is 13.2 Å². The first-order valence-corrected chi connectivity index (χ1v) is 8.89. The standard InChI is InChI=1S/C20H21F3N2O3/c1-27-17-5-3-2-4-13(17)16(25-8-10-28-11-9-25)12-24-20(26)14-6-7-15(21)19(23)18(14)22/h2-7,16H,8-12H2,1H3,(H,24,26). The number of nitrogens with one attached hydrogen (secondary N) is 1. The molecule has 1 saturated heterocycles. The van der Waals surface area contributed by atoms with Gasteiger partial charge in [0, 0.05) is 25.2 Å². The van der Waals surface area contributed by atoms with Crippen molar-refractivity contribution in [3.05, 3.63) is 65.0 Å². The van der Waals surface area contributed by atoms with Gasteiger partial charge in [-0.15, -0.1) is 0 Å². The highest BCUT2D eigenvalue weighted by molar-refractivity contribution is 5.94. The molecule has 0 aliphatic carbocycles. The highest BCUT2D eigenvalue weighted by Gasteiger charge is 2.26. The van der Waals surface area contributed by atoms with E-state index in [0.717, 1.165) is 17.7 Å². The lowest BCUT2D eigenvalue weighted by Gasteiger charge is -2.35. The zero-order valence-corrected chi connectivity index (χ0v) is 15.4. The molecule has 1 N–H and O–H groups in total. The number of amides is 1. The molecule has 2 aromatic rings. The van der Waals surface area contributed by atoms with Gasteiger partial charge in [-0.25, -0.2) is 13.2 Å². The van der Waals surface area contributed by atoms with Crippen molar-refractivity contribution in [2.75, 3.05) is 40.0 Å². The summed E-state index contributed by atoms with van der Waals surface area (Å²) >= 11 is 0. The third-order valence-electron chi connectivity index (χ3n) is 4.72. The lowest BCUT2D eigenvalue weighted by molar-refractivity contribution is 0.0157. The van der Waals surface area contributed by atoms with E-state index in [0.29, 0.717) is 32.1 Å². The van der Waals surface area contributed by atoms with Gasteiger partial charge in [0.1, 0.15) is 5.75 Å². The van der Waals surface area contributed by atoms with E-state index in [9.17, 15) is 18.0 Å². The molecule has 2 aromatic carbocycles. The Labute approximate surface area is 161 Å². The molecule has 0 spiro atoms. The van der Waals surface area contributed by atoms with Crippen LogP contribution in [0.25, 0.3) is 0 Å². The number of ether oxygens (including phenoxy) is 2. The van der Waals surface area contributed by atoms with Gasteiger partial charge in [-0.05, 0) is 18.2 Å². The molecule has 0 aromatic heterocycles. The van der Waals surface area contributed by atoms with Crippen LogP contribution >= 0.6 is 0 Å². The first-order valence-electron chi connectivity index (χ1n) is 8.89. The Kier molecular flexibility index (Phi) is 6.53. The summed E-state index contributed by atoms with van der Waals surface area (Å²) in [7, 11) is 1.56. The number of methoxy groups -OCH3 is 1. The van der Waals surface area contributed by atoms with Crippen LogP contribution in [0.5, 0.6) is 5.75 Å². The first-order chi connectivity index (χ1) is 13.5. The van der Waals surface area contributed by atoms with Crippen LogP contribution < -0.4 is 10.1 Å². The highest BCUT2D eigenvalue weighted by atomic mass is 19.2. The van der Waals surface area contributed by atoms with Gasteiger partial charge < -0.3 is 14.8 Å². The Morgan fingerprint density at radius 1 is 1.14 bits per heavy atom. The summed E-state index contributed by atoms with van der Waals surface area (Å²) in [4.78, 5) is 14.5. The van der Waals surface area contributed by atoms with Gasteiger partial charge in [-0.2, -0.15) is 0 Å². The Morgan fingerprint density at radius 2 is 1.86 bits per heavy atom. The number of nitrogens with zero attached hydrogens (tertiary/aromatic N) is 1. The summed E-state index contributed by atoms with van der Waals surface area (Å²) in [5.41, 5.74) is 0.317. The van der Waals surface area contributed by atoms with Gasteiger partial charge in [-0.1, -0.05) is 18.2 Å². The van der Waals surface area contributed by atoms with Crippen molar-refractivity contribution < 1.29 is 27.4 Å². The molecular weight excluding hydrogens is 373 g/mol. The van der Waals surface area contributed by atoms with Crippen LogP contribution in [0.15, 0.2) is 36.4 Å². The van der Waals surface area contributed by atoms with Crippen molar-refractivity contribution in [1.29, 1.82) is 0 Å². The van der Waals surface area contributed by atoms with Gasteiger partial charge in [0.2, 0.25) is 0 Å². The van der Waals surface area contributed by atoms with Gasteiger partial charge in [0.15, 0.2) is 17.5 Å². The molecule has 1 atom stereocenters. The molecule has 0 bridgehead atoms. The normalized spacial score (nSPS) is 15.9. The van der Waals surface area contributed by atoms with Crippen LogP contribution in [-0.2, 0) is 4.74 Å². The summed E-state index contributed by atoms with van der Waals surface area (Å²) in [6, 6.07) is 8.82. The largest absolute Gasteiger partial charge is 0.496 e. The predicted octanol–water partition coefficient (Wildman–Crippen LogP) is 2.92. The van der Waals surface area contributed by atoms with E-state index in [1.54, 1.807) is 7.11 Å². The molecule has 1 amide bonds. The summed E-state index contributed by atoms with van der Waals surface area (Å²) in [5.74, 6) is -4.66. The number of carbonyl (C=O) groups excluding carboxylic acids is 1. The quantitative estimate of drug-likeness (QED) is 0.766. The zero-order valence-electron chi connectivity index (χ0n) is 15.4. The fraction of sp³-hybridized carbons (Fsp3) is 0.350. The van der Waals surface area contributed by atoms with Crippen LogP contribution in [0.2, 0.25) is 0 Å². The molecule has 8 heteroatoms. The predicted molar refractivity (Wildman–Crippen MR) is 96.8 cm³/mol. The monoisotopic (exact) mass is 394 g/mol. The van der Waals surface area contributed by atoms with Crippen molar-refractivity contribution in [2.24, 2.45) is 0 Å². The second-order valence-corrected chi connectivity index (χ2v) is 6.34. The Hall–Kier alpha value is -2.58. The Morgan fingerprint density at radius 3 is 2.57 bits per heavy atom. The molecule has 5 nitrogen and oxygen atoms in total. The highest BCUT2D eigenvalue weighted by Crippen LogP contribution is 2.29. The molecule has 150 valence electrons. The fourth-order valence-electron chi connectivity index (χ4n) is 3.25. The Balaban J connectivity index is 1.82.